The molecule has 3 aromatic rings. The second kappa shape index (κ2) is 6.07. The number of rotatable bonds is 2. The Hall–Kier alpha value is -3.11. The molecule has 0 fully saturated rings. The van der Waals surface area contributed by atoms with Gasteiger partial charge in [-0.1, -0.05) is 28.1 Å². The Labute approximate surface area is 152 Å². The molecule has 4 rings (SSSR count). The summed E-state index contributed by atoms with van der Waals surface area (Å²) >= 11 is 3.44. The van der Waals surface area contributed by atoms with E-state index in [4.69, 9.17) is 10.5 Å². The highest BCUT2D eigenvalue weighted by molar-refractivity contribution is 9.10. The average molecular weight is 394 g/mol. The number of aromatic amines is 1. The highest BCUT2D eigenvalue weighted by Crippen LogP contribution is 2.45. The van der Waals surface area contributed by atoms with Crippen LogP contribution >= 0.6 is 15.9 Å². The Bertz CT molecular complexity index is 1000. The number of nitrogens with two attached hydrogens (primary N) is 1. The summed E-state index contributed by atoms with van der Waals surface area (Å²) in [6.45, 7) is 0. The van der Waals surface area contributed by atoms with Gasteiger partial charge in [0.2, 0.25) is 11.8 Å². The molecule has 6 nitrogen and oxygen atoms in total. The van der Waals surface area contributed by atoms with Crippen molar-refractivity contribution < 1.29 is 4.74 Å². The molecule has 3 N–H and O–H groups in total. The largest absolute Gasteiger partial charge is 0.420 e. The van der Waals surface area contributed by atoms with Crippen LogP contribution in [-0.4, -0.2) is 15.2 Å². The molecule has 1 atom stereocenters. The number of hydrogen-bond acceptors (Lipinski definition) is 5. The van der Waals surface area contributed by atoms with E-state index in [9.17, 15) is 5.26 Å². The first-order chi connectivity index (χ1) is 12.2. The minimum absolute atomic E-state index is 0.0747. The standard InChI is InChI=1S/C18H12BrN5O/c19-12-3-1-11(2-4-12)16-15-14(10-5-7-22-8-6-10)13(9-20)17(21)25-18(15)24-23-16/h1-8,14H,21H2,(H,23,24)/t14-/m1/s1. The maximum absolute atomic E-state index is 9.63. The topological polar surface area (TPSA) is 101 Å². The zero-order chi connectivity index (χ0) is 17.4. The number of nitrogens with zero attached hydrogens (tertiary/aromatic N) is 3. The minimum atomic E-state index is -0.367. The van der Waals surface area contributed by atoms with E-state index >= 15 is 0 Å². The third-order valence-electron chi connectivity index (χ3n) is 4.11. The van der Waals surface area contributed by atoms with Crippen LogP contribution in [0.3, 0.4) is 0 Å². The van der Waals surface area contributed by atoms with Gasteiger partial charge in [0.05, 0.1) is 17.2 Å². The van der Waals surface area contributed by atoms with E-state index < -0.39 is 0 Å². The molecule has 3 heterocycles. The van der Waals surface area contributed by atoms with Crippen LogP contribution in [0.2, 0.25) is 0 Å². The molecular weight excluding hydrogens is 382 g/mol. The van der Waals surface area contributed by atoms with Gasteiger partial charge in [-0.2, -0.15) is 5.26 Å². The summed E-state index contributed by atoms with van der Waals surface area (Å²) in [6.07, 6.45) is 3.38. The molecule has 1 aliphatic rings. The number of nitriles is 1. The highest BCUT2D eigenvalue weighted by Gasteiger charge is 2.35. The fraction of sp³-hybridized carbons (Fsp3) is 0.0556. The van der Waals surface area contributed by atoms with Crippen LogP contribution in [0.15, 0.2) is 64.7 Å². The van der Waals surface area contributed by atoms with Gasteiger partial charge in [-0.3, -0.25) is 10.1 Å². The van der Waals surface area contributed by atoms with Crippen molar-refractivity contribution in [3.05, 3.63) is 75.8 Å². The summed E-state index contributed by atoms with van der Waals surface area (Å²) < 4.78 is 6.56. The number of halogens is 1. The number of aromatic nitrogens is 3. The summed E-state index contributed by atoms with van der Waals surface area (Å²) in [5.41, 5.74) is 9.75. The van der Waals surface area contributed by atoms with E-state index in [2.05, 4.69) is 37.2 Å². The number of fused-ring (bicyclic) bond motifs is 1. The zero-order valence-corrected chi connectivity index (χ0v) is 14.5. The van der Waals surface area contributed by atoms with Crippen LogP contribution in [0.5, 0.6) is 5.88 Å². The molecule has 1 aliphatic heterocycles. The molecule has 0 saturated carbocycles. The van der Waals surface area contributed by atoms with Crippen LogP contribution in [-0.2, 0) is 0 Å². The minimum Gasteiger partial charge on any atom is -0.420 e. The van der Waals surface area contributed by atoms with Crippen molar-refractivity contribution in [3.63, 3.8) is 0 Å². The maximum atomic E-state index is 9.63. The van der Waals surface area contributed by atoms with Crippen LogP contribution < -0.4 is 10.5 Å². The first-order valence-corrected chi connectivity index (χ1v) is 8.30. The molecule has 2 aromatic heterocycles. The number of benzene rings is 1. The molecule has 1 aromatic carbocycles. The Balaban J connectivity index is 1.94. The SMILES string of the molecule is N#CC1=C(N)Oc2n[nH]c(-c3ccc(Br)cc3)c2[C@@H]1c1ccncc1. The van der Waals surface area contributed by atoms with Crippen LogP contribution in [0.1, 0.15) is 17.0 Å². The number of nitrogens with one attached hydrogen (secondary N) is 1. The van der Waals surface area contributed by atoms with E-state index in [0.29, 0.717) is 11.5 Å². The lowest BCUT2D eigenvalue weighted by Gasteiger charge is -2.23. The summed E-state index contributed by atoms with van der Waals surface area (Å²) in [5.74, 6) is 0.0936. The van der Waals surface area contributed by atoms with E-state index in [1.807, 2.05) is 36.4 Å². The predicted octanol–water partition coefficient (Wildman–Crippen LogP) is 3.45. The molecule has 0 amide bonds. The lowest BCUT2D eigenvalue weighted by molar-refractivity contribution is 0.379. The summed E-state index contributed by atoms with van der Waals surface area (Å²) in [6, 6.07) is 13.7. The van der Waals surface area contributed by atoms with Gasteiger partial charge in [-0.05, 0) is 29.8 Å². The zero-order valence-electron chi connectivity index (χ0n) is 12.9. The average Bonchev–Trinajstić information content (AvgIpc) is 3.05. The molecular formula is C18H12BrN5O. The van der Waals surface area contributed by atoms with E-state index in [-0.39, 0.29) is 11.8 Å². The summed E-state index contributed by atoms with van der Waals surface area (Å²) in [7, 11) is 0. The van der Waals surface area contributed by atoms with Gasteiger partial charge in [0, 0.05) is 22.4 Å². The van der Waals surface area contributed by atoms with E-state index in [0.717, 1.165) is 26.9 Å². The van der Waals surface area contributed by atoms with Crippen molar-refractivity contribution in [1.82, 2.24) is 15.2 Å². The third kappa shape index (κ3) is 2.57. The first kappa shape index (κ1) is 15.4. The number of H-pyrrole nitrogens is 1. The smallest absolute Gasteiger partial charge is 0.244 e. The Morgan fingerprint density at radius 2 is 1.88 bits per heavy atom. The molecule has 7 heteroatoms. The molecule has 0 aliphatic carbocycles. The maximum Gasteiger partial charge on any atom is 0.244 e. The van der Waals surface area contributed by atoms with Gasteiger partial charge < -0.3 is 10.5 Å². The number of ether oxygens (including phenoxy) is 1. The fourth-order valence-corrected chi connectivity index (χ4v) is 3.24. The summed E-state index contributed by atoms with van der Waals surface area (Å²) in [5, 5.41) is 16.9. The first-order valence-electron chi connectivity index (χ1n) is 7.50. The third-order valence-corrected chi connectivity index (χ3v) is 4.64. The Kier molecular flexibility index (Phi) is 3.75. The molecule has 0 unspecified atom stereocenters. The molecule has 0 saturated heterocycles. The van der Waals surface area contributed by atoms with Gasteiger partial charge >= 0.3 is 0 Å². The van der Waals surface area contributed by atoms with Crippen LogP contribution in [0, 0.1) is 11.3 Å². The normalized spacial score (nSPS) is 16.1. The fourth-order valence-electron chi connectivity index (χ4n) is 2.97. The van der Waals surface area contributed by atoms with Gasteiger partial charge in [0.1, 0.15) is 11.6 Å². The number of hydrogen-bond donors (Lipinski definition) is 2. The summed E-state index contributed by atoms with van der Waals surface area (Å²) in [4.78, 5) is 4.05. The lowest BCUT2D eigenvalue weighted by atomic mass is 9.83. The molecule has 0 radical (unpaired) electrons. The monoisotopic (exact) mass is 393 g/mol. The van der Waals surface area contributed by atoms with Crippen molar-refractivity contribution >= 4 is 15.9 Å². The predicted molar refractivity (Wildman–Crippen MR) is 95.3 cm³/mol. The van der Waals surface area contributed by atoms with Gasteiger partial charge in [-0.15, -0.1) is 5.10 Å². The Morgan fingerprint density at radius 3 is 2.56 bits per heavy atom. The van der Waals surface area contributed by atoms with E-state index in [1.54, 1.807) is 12.4 Å². The van der Waals surface area contributed by atoms with Crippen molar-refractivity contribution in [3.8, 4) is 23.2 Å². The second-order valence-electron chi connectivity index (χ2n) is 5.53. The lowest BCUT2D eigenvalue weighted by Crippen LogP contribution is -2.21. The van der Waals surface area contributed by atoms with Gasteiger partial charge in [-0.25, -0.2) is 0 Å². The molecule has 122 valence electrons. The van der Waals surface area contributed by atoms with Crippen LogP contribution in [0.25, 0.3) is 11.3 Å². The molecule has 0 bridgehead atoms. The highest BCUT2D eigenvalue weighted by atomic mass is 79.9. The van der Waals surface area contributed by atoms with Crippen molar-refractivity contribution in [2.75, 3.05) is 0 Å². The second-order valence-corrected chi connectivity index (χ2v) is 6.45. The van der Waals surface area contributed by atoms with Crippen molar-refractivity contribution in [1.29, 1.82) is 5.26 Å². The van der Waals surface area contributed by atoms with Crippen LogP contribution in [0.4, 0.5) is 0 Å². The molecule has 0 spiro atoms. The quantitative estimate of drug-likeness (QED) is 0.694. The van der Waals surface area contributed by atoms with Gasteiger partial charge in [0.25, 0.3) is 0 Å². The van der Waals surface area contributed by atoms with E-state index in [1.165, 1.54) is 0 Å². The number of pyridine rings is 1. The Morgan fingerprint density at radius 1 is 1.16 bits per heavy atom. The van der Waals surface area contributed by atoms with Crippen molar-refractivity contribution in [2.24, 2.45) is 5.73 Å². The number of allylic oxidation sites excluding steroid dienone is 1. The van der Waals surface area contributed by atoms with Crippen molar-refractivity contribution in [2.45, 2.75) is 5.92 Å². The van der Waals surface area contributed by atoms with Gasteiger partial charge in [0.15, 0.2) is 0 Å². The molecule has 25 heavy (non-hydrogen) atoms.